The Labute approximate surface area is 174 Å². The van der Waals surface area contributed by atoms with Gasteiger partial charge in [-0.1, -0.05) is 11.3 Å². The SMILES string of the molecule is COc1ccc2nc(N(C[C@@H]3CCCO3)C(=O)[C@H]3CCCN3S(C)(=O)=O)sc2c1. The predicted molar refractivity (Wildman–Crippen MR) is 112 cm³/mol. The summed E-state index contributed by atoms with van der Waals surface area (Å²) >= 11 is 1.40. The van der Waals surface area contributed by atoms with Crippen molar-refractivity contribution in [3.63, 3.8) is 0 Å². The highest BCUT2D eigenvalue weighted by atomic mass is 32.2. The van der Waals surface area contributed by atoms with E-state index < -0.39 is 16.1 Å². The minimum Gasteiger partial charge on any atom is -0.497 e. The molecule has 2 fully saturated rings. The molecule has 158 valence electrons. The fraction of sp³-hybridized carbons (Fsp3) is 0.579. The highest BCUT2D eigenvalue weighted by molar-refractivity contribution is 7.88. The molecular formula is C19H25N3O5S2. The molecule has 0 spiro atoms. The van der Waals surface area contributed by atoms with Crippen LogP contribution in [0.3, 0.4) is 0 Å². The molecule has 0 N–H and O–H groups in total. The van der Waals surface area contributed by atoms with E-state index in [1.807, 2.05) is 18.2 Å². The summed E-state index contributed by atoms with van der Waals surface area (Å²) in [6, 6.07) is 4.90. The van der Waals surface area contributed by atoms with Crippen LogP contribution in [0.5, 0.6) is 5.75 Å². The van der Waals surface area contributed by atoms with E-state index in [9.17, 15) is 13.2 Å². The van der Waals surface area contributed by atoms with Crippen molar-refractivity contribution < 1.29 is 22.7 Å². The highest BCUT2D eigenvalue weighted by Crippen LogP contribution is 2.34. The summed E-state index contributed by atoms with van der Waals surface area (Å²) in [6.07, 6.45) is 4.13. The minimum atomic E-state index is -3.45. The van der Waals surface area contributed by atoms with E-state index in [0.717, 1.165) is 35.1 Å². The largest absolute Gasteiger partial charge is 0.497 e. The first-order valence-electron chi connectivity index (χ1n) is 9.71. The molecule has 2 aromatic rings. The Morgan fingerprint density at radius 2 is 2.21 bits per heavy atom. The van der Waals surface area contributed by atoms with Gasteiger partial charge in [-0.25, -0.2) is 13.4 Å². The number of hydrogen-bond donors (Lipinski definition) is 0. The van der Waals surface area contributed by atoms with Gasteiger partial charge in [0.25, 0.3) is 0 Å². The second-order valence-electron chi connectivity index (χ2n) is 7.45. The van der Waals surface area contributed by atoms with Gasteiger partial charge in [-0.05, 0) is 43.9 Å². The van der Waals surface area contributed by atoms with E-state index in [1.54, 1.807) is 12.0 Å². The van der Waals surface area contributed by atoms with Crippen molar-refractivity contribution in [2.24, 2.45) is 0 Å². The monoisotopic (exact) mass is 439 g/mol. The lowest BCUT2D eigenvalue weighted by Gasteiger charge is -2.29. The van der Waals surface area contributed by atoms with Crippen LogP contribution in [0.25, 0.3) is 10.2 Å². The number of carbonyl (C=O) groups is 1. The Morgan fingerprint density at radius 3 is 2.90 bits per heavy atom. The molecule has 4 rings (SSSR count). The third kappa shape index (κ3) is 4.25. The van der Waals surface area contributed by atoms with Gasteiger partial charge in [-0.2, -0.15) is 4.31 Å². The van der Waals surface area contributed by atoms with E-state index in [0.29, 0.717) is 37.7 Å². The molecule has 1 amide bonds. The zero-order chi connectivity index (χ0) is 20.6. The Hall–Kier alpha value is -1.75. The molecule has 10 heteroatoms. The number of sulfonamides is 1. The fourth-order valence-electron chi connectivity index (χ4n) is 3.95. The number of carbonyl (C=O) groups excluding carboxylic acids is 1. The predicted octanol–water partition coefficient (Wildman–Crippen LogP) is 2.24. The molecule has 0 bridgehead atoms. The van der Waals surface area contributed by atoms with Crippen molar-refractivity contribution in [2.45, 2.75) is 37.8 Å². The van der Waals surface area contributed by atoms with Gasteiger partial charge in [0.1, 0.15) is 11.8 Å². The molecule has 2 saturated heterocycles. The maximum absolute atomic E-state index is 13.5. The van der Waals surface area contributed by atoms with Crippen molar-refractivity contribution in [3.8, 4) is 5.75 Å². The molecule has 8 nitrogen and oxygen atoms in total. The molecular weight excluding hydrogens is 414 g/mol. The standard InChI is InChI=1S/C19H25N3O5S2/c1-26-13-7-8-15-17(11-13)28-19(20-15)21(12-14-5-4-10-27-14)18(23)16-6-3-9-22(16)29(2,24)25/h7-8,11,14,16H,3-6,9-10,12H2,1-2H3/t14-,16+/m0/s1. The number of thiazole rings is 1. The van der Waals surface area contributed by atoms with Crippen molar-refractivity contribution in [2.75, 3.05) is 38.0 Å². The zero-order valence-corrected chi connectivity index (χ0v) is 18.2. The molecule has 1 aromatic carbocycles. The summed E-state index contributed by atoms with van der Waals surface area (Å²) < 4.78 is 37.6. The van der Waals surface area contributed by atoms with Crippen LogP contribution in [-0.4, -0.2) is 68.8 Å². The summed E-state index contributed by atoms with van der Waals surface area (Å²) in [5, 5.41) is 0.564. The fourth-order valence-corrected chi connectivity index (χ4v) is 6.08. The number of fused-ring (bicyclic) bond motifs is 1. The van der Waals surface area contributed by atoms with Crippen molar-refractivity contribution >= 4 is 42.6 Å². The topological polar surface area (TPSA) is 89.0 Å². The average Bonchev–Trinajstić information content (AvgIpc) is 3.44. The molecule has 2 atom stereocenters. The third-order valence-corrected chi connectivity index (χ3v) is 7.74. The van der Waals surface area contributed by atoms with E-state index >= 15 is 0 Å². The van der Waals surface area contributed by atoms with Gasteiger partial charge in [0.15, 0.2) is 5.13 Å². The van der Waals surface area contributed by atoms with Gasteiger partial charge < -0.3 is 9.47 Å². The quantitative estimate of drug-likeness (QED) is 0.686. The van der Waals surface area contributed by atoms with Crippen molar-refractivity contribution in [1.82, 2.24) is 9.29 Å². The number of nitrogens with zero attached hydrogens (tertiary/aromatic N) is 3. The van der Waals surface area contributed by atoms with Crippen LogP contribution in [-0.2, 0) is 19.6 Å². The van der Waals surface area contributed by atoms with E-state index in [4.69, 9.17) is 9.47 Å². The Morgan fingerprint density at radius 1 is 1.38 bits per heavy atom. The zero-order valence-electron chi connectivity index (χ0n) is 16.5. The van der Waals surface area contributed by atoms with E-state index in [2.05, 4.69) is 4.98 Å². The van der Waals surface area contributed by atoms with Gasteiger partial charge in [-0.15, -0.1) is 0 Å². The molecule has 3 heterocycles. The Kier molecular flexibility index (Phi) is 5.78. The maximum atomic E-state index is 13.5. The van der Waals surface area contributed by atoms with Gasteiger partial charge in [0, 0.05) is 13.2 Å². The smallest absolute Gasteiger partial charge is 0.247 e. The van der Waals surface area contributed by atoms with Crippen LogP contribution < -0.4 is 9.64 Å². The molecule has 0 saturated carbocycles. The van der Waals surface area contributed by atoms with Gasteiger partial charge in [0.05, 0.1) is 36.2 Å². The first-order chi connectivity index (χ1) is 13.9. The number of aromatic nitrogens is 1. The molecule has 0 unspecified atom stereocenters. The first kappa shape index (κ1) is 20.5. The normalized spacial score (nSPS) is 23.0. The average molecular weight is 440 g/mol. The lowest BCUT2D eigenvalue weighted by molar-refractivity contribution is -0.122. The molecule has 2 aliphatic rings. The van der Waals surface area contributed by atoms with Crippen molar-refractivity contribution in [3.05, 3.63) is 18.2 Å². The molecule has 2 aliphatic heterocycles. The number of ether oxygens (including phenoxy) is 2. The van der Waals surface area contributed by atoms with Crippen molar-refractivity contribution in [1.29, 1.82) is 0 Å². The molecule has 0 radical (unpaired) electrons. The number of benzene rings is 1. The lowest BCUT2D eigenvalue weighted by Crippen LogP contribution is -2.49. The summed E-state index contributed by atoms with van der Waals surface area (Å²) in [6.45, 7) is 1.44. The number of hydrogen-bond acceptors (Lipinski definition) is 7. The first-order valence-corrected chi connectivity index (χ1v) is 12.4. The summed E-state index contributed by atoms with van der Waals surface area (Å²) in [4.78, 5) is 19.8. The summed E-state index contributed by atoms with van der Waals surface area (Å²) in [7, 11) is -1.84. The van der Waals surface area contributed by atoms with Crippen LogP contribution in [0.15, 0.2) is 18.2 Å². The minimum absolute atomic E-state index is 0.0615. The van der Waals surface area contributed by atoms with Gasteiger partial charge in [-0.3, -0.25) is 9.69 Å². The number of methoxy groups -OCH3 is 1. The summed E-state index contributed by atoms with van der Waals surface area (Å²) in [5.74, 6) is 0.498. The molecule has 1 aromatic heterocycles. The Bertz CT molecular complexity index is 1000. The number of anilines is 1. The second kappa shape index (κ2) is 8.17. The highest BCUT2D eigenvalue weighted by Gasteiger charge is 2.40. The number of rotatable bonds is 6. The van der Waals surface area contributed by atoms with E-state index in [1.165, 1.54) is 15.6 Å². The summed E-state index contributed by atoms with van der Waals surface area (Å²) in [5.41, 5.74) is 0.780. The molecule has 0 aliphatic carbocycles. The van der Waals surface area contributed by atoms with Crippen LogP contribution in [0, 0.1) is 0 Å². The van der Waals surface area contributed by atoms with Crippen LogP contribution in [0.1, 0.15) is 25.7 Å². The maximum Gasteiger partial charge on any atom is 0.247 e. The van der Waals surface area contributed by atoms with E-state index in [-0.39, 0.29) is 12.0 Å². The lowest BCUT2D eigenvalue weighted by atomic mass is 10.2. The van der Waals surface area contributed by atoms with Crippen LogP contribution in [0.2, 0.25) is 0 Å². The molecule has 29 heavy (non-hydrogen) atoms. The number of amides is 1. The second-order valence-corrected chi connectivity index (χ2v) is 10.4. The van der Waals surface area contributed by atoms with Gasteiger partial charge in [0.2, 0.25) is 15.9 Å². The van der Waals surface area contributed by atoms with Crippen LogP contribution in [0.4, 0.5) is 5.13 Å². The third-order valence-electron chi connectivity index (χ3n) is 5.41. The van der Waals surface area contributed by atoms with Crippen LogP contribution >= 0.6 is 11.3 Å². The van der Waals surface area contributed by atoms with Gasteiger partial charge >= 0.3 is 0 Å². The Balaban J connectivity index is 1.68.